The Morgan fingerprint density at radius 2 is 0.541 bits per heavy atom. The summed E-state index contributed by atoms with van der Waals surface area (Å²) in [6.07, 6.45) is 55.4. The Morgan fingerprint density at radius 3 is 0.776 bits per heavy atom. The second-order valence-electron chi connectivity index (χ2n) is 21.5. The molecule has 0 aliphatic heterocycles. The van der Waals surface area contributed by atoms with Crippen LogP contribution in [-0.4, -0.2) is 114 Å². The van der Waals surface area contributed by atoms with E-state index in [1.807, 2.05) is 0 Å². The zero-order valence-electron chi connectivity index (χ0n) is 52.6. The molecule has 2 rings (SSSR count). The average Bonchev–Trinajstić information content (AvgIpc) is 3.62. The van der Waals surface area contributed by atoms with Crippen LogP contribution in [0.3, 0.4) is 0 Å². The minimum Gasteiger partial charge on any atom is -0.744 e. The first kappa shape index (κ1) is 81.4. The van der Waals surface area contributed by atoms with Gasteiger partial charge < -0.3 is 28.1 Å². The van der Waals surface area contributed by atoms with E-state index in [4.69, 9.17) is 18.9 Å². The summed E-state index contributed by atoms with van der Waals surface area (Å²) in [5.74, 6) is -3.68. The molecule has 2 aromatic rings. The Hall–Kier alpha value is -3.64. The first-order chi connectivity index (χ1) is 40.6. The molecule has 0 radical (unpaired) electrons. The number of carbonyl (C=O) groups excluding carboxylic acids is 4. The largest absolute Gasteiger partial charge is 2.00 e. The van der Waals surface area contributed by atoms with Crippen LogP contribution in [0.2, 0.25) is 0 Å². The Morgan fingerprint density at radius 1 is 0.329 bits per heavy atom. The minimum atomic E-state index is -5.01. The van der Waals surface area contributed by atoms with E-state index >= 15 is 0 Å². The standard InChI is InChI=1S/2C34H54O7S.Ca/c2*1-3-5-7-9-11-13-15-17-19-21-23-28-40-33(35)30-26-25-27-31(42(37,38)39)32(30)34(36)41-29-24-22-20-18-16-14-12-10-8-6-4-2;/h2*9-12,25-27H,3-8,13-24,28-29H2,1-2H3,(H,37,38,39);/q;;+2/p-2/b2*11-9+,12-10+;. The molecule has 0 aromatic heterocycles. The maximum Gasteiger partial charge on any atom is 2.00 e. The van der Waals surface area contributed by atoms with E-state index in [9.17, 15) is 45.1 Å². The van der Waals surface area contributed by atoms with Crippen molar-refractivity contribution in [3.8, 4) is 0 Å². The molecule has 0 aliphatic rings. The van der Waals surface area contributed by atoms with Crippen molar-refractivity contribution < 1.29 is 64.1 Å². The number of esters is 4. The maximum atomic E-state index is 12.8. The Labute approximate surface area is 544 Å². The Kier molecular flexibility index (Phi) is 52.2. The fourth-order valence-corrected chi connectivity index (χ4v) is 10.4. The van der Waals surface area contributed by atoms with E-state index in [1.54, 1.807) is 0 Å². The van der Waals surface area contributed by atoms with Crippen molar-refractivity contribution in [3.05, 3.63) is 107 Å². The van der Waals surface area contributed by atoms with Crippen molar-refractivity contribution in [2.45, 2.75) is 269 Å². The van der Waals surface area contributed by atoms with E-state index in [0.29, 0.717) is 25.7 Å². The van der Waals surface area contributed by atoms with Crippen LogP contribution in [0, 0.1) is 0 Å². The molecule has 17 heteroatoms. The van der Waals surface area contributed by atoms with Crippen LogP contribution in [0.25, 0.3) is 0 Å². The maximum absolute atomic E-state index is 12.8. The summed E-state index contributed by atoms with van der Waals surface area (Å²) in [7, 11) is -10.0. The Balaban J connectivity index is 0.00000164. The number of hydrogen-bond acceptors (Lipinski definition) is 14. The van der Waals surface area contributed by atoms with Gasteiger partial charge in [-0.2, -0.15) is 0 Å². The molecule has 0 aliphatic carbocycles. The van der Waals surface area contributed by atoms with Gasteiger partial charge in [0, 0.05) is 0 Å². The second kappa shape index (κ2) is 54.5. The van der Waals surface area contributed by atoms with Crippen LogP contribution in [0.4, 0.5) is 0 Å². The molecule has 0 bridgehead atoms. The SMILES string of the molecule is CCCC/C=C/CCCCCCCOC(=O)c1cccc(S(=O)(=O)[O-])c1C(=O)OCCCCCCC/C=C/CCCC.CCCC/C=C/CCCCCCCOC(=O)c1cccc(S(=O)(=O)[O-])c1C(=O)OCCCCCCC/C=C/CCCC.[Ca+2]. The van der Waals surface area contributed by atoms with Gasteiger partial charge in [0.1, 0.15) is 20.2 Å². The molecule has 476 valence electrons. The molecule has 0 saturated heterocycles. The molecule has 0 N–H and O–H groups in total. The van der Waals surface area contributed by atoms with E-state index < -0.39 is 65.0 Å². The van der Waals surface area contributed by atoms with Gasteiger partial charge in [0.25, 0.3) is 0 Å². The van der Waals surface area contributed by atoms with E-state index in [1.165, 1.54) is 75.6 Å². The van der Waals surface area contributed by atoms with Crippen molar-refractivity contribution in [3.63, 3.8) is 0 Å². The number of ether oxygens (including phenoxy) is 4. The summed E-state index contributed by atoms with van der Waals surface area (Å²) in [4.78, 5) is 49.7. The second-order valence-corrected chi connectivity index (χ2v) is 24.2. The number of carbonyl (C=O) groups is 4. The summed E-state index contributed by atoms with van der Waals surface area (Å²) in [5, 5.41) is 0. The normalized spacial score (nSPS) is 11.7. The summed E-state index contributed by atoms with van der Waals surface area (Å²) in [5.41, 5.74) is -1.61. The zero-order chi connectivity index (χ0) is 61.8. The molecular formula is C68H106CaO14S2. The molecular weight excluding hydrogens is 1140 g/mol. The van der Waals surface area contributed by atoms with Crippen molar-refractivity contribution in [2.75, 3.05) is 26.4 Å². The van der Waals surface area contributed by atoms with Gasteiger partial charge in [-0.05, 0) is 127 Å². The Bertz CT molecular complexity index is 2260. The van der Waals surface area contributed by atoms with Gasteiger partial charge in [-0.15, -0.1) is 0 Å². The molecule has 0 saturated carbocycles. The number of benzene rings is 2. The molecule has 2 aromatic carbocycles. The van der Waals surface area contributed by atoms with Crippen LogP contribution in [-0.2, 0) is 39.2 Å². The van der Waals surface area contributed by atoms with Gasteiger partial charge in [-0.25, -0.2) is 36.0 Å². The van der Waals surface area contributed by atoms with Crippen LogP contribution in [0.15, 0.2) is 94.8 Å². The average molecular weight is 1250 g/mol. The fourth-order valence-electron chi connectivity index (χ4n) is 9.01. The predicted octanol–water partition coefficient (Wildman–Crippen LogP) is 17.8. The van der Waals surface area contributed by atoms with Gasteiger partial charge in [-0.3, -0.25) is 0 Å². The van der Waals surface area contributed by atoms with E-state index in [2.05, 4.69) is 76.3 Å². The monoisotopic (exact) mass is 1250 g/mol. The van der Waals surface area contributed by atoms with E-state index in [0.717, 1.165) is 166 Å². The van der Waals surface area contributed by atoms with Gasteiger partial charge >= 0.3 is 61.6 Å². The zero-order valence-corrected chi connectivity index (χ0v) is 56.4. The van der Waals surface area contributed by atoms with Crippen molar-refractivity contribution in [1.29, 1.82) is 0 Å². The predicted molar refractivity (Wildman–Crippen MR) is 341 cm³/mol. The van der Waals surface area contributed by atoms with Gasteiger partial charge in [0.05, 0.1) is 58.5 Å². The molecule has 0 fully saturated rings. The molecule has 85 heavy (non-hydrogen) atoms. The molecule has 14 nitrogen and oxygen atoms in total. The third-order valence-corrected chi connectivity index (χ3v) is 15.8. The first-order valence-corrected chi connectivity index (χ1v) is 34.9. The van der Waals surface area contributed by atoms with E-state index in [-0.39, 0.29) is 75.3 Å². The smallest absolute Gasteiger partial charge is 0.744 e. The van der Waals surface area contributed by atoms with Crippen LogP contribution in [0.5, 0.6) is 0 Å². The van der Waals surface area contributed by atoms with Crippen molar-refractivity contribution in [1.82, 2.24) is 0 Å². The molecule has 0 heterocycles. The summed E-state index contributed by atoms with van der Waals surface area (Å²) >= 11 is 0. The van der Waals surface area contributed by atoms with Crippen LogP contribution in [0.1, 0.15) is 300 Å². The number of rotatable bonds is 50. The molecule has 0 amide bonds. The third kappa shape index (κ3) is 42.0. The first-order valence-electron chi connectivity index (χ1n) is 32.1. The summed E-state index contributed by atoms with van der Waals surface area (Å²) in [6.45, 7) is 9.18. The topological polar surface area (TPSA) is 220 Å². The quantitative estimate of drug-likeness (QED) is 0.0150. The van der Waals surface area contributed by atoms with Gasteiger partial charge in [-0.1, -0.05) is 217 Å². The number of unbranched alkanes of at least 4 members (excludes halogenated alkanes) is 28. The summed E-state index contributed by atoms with van der Waals surface area (Å²) < 4.78 is 92.4. The van der Waals surface area contributed by atoms with Gasteiger partial charge in [0.2, 0.25) is 0 Å². The van der Waals surface area contributed by atoms with Crippen molar-refractivity contribution in [2.24, 2.45) is 0 Å². The number of allylic oxidation sites excluding steroid dienone is 8. The molecule has 0 spiro atoms. The van der Waals surface area contributed by atoms with Crippen LogP contribution < -0.4 is 0 Å². The van der Waals surface area contributed by atoms with Gasteiger partial charge in [0.15, 0.2) is 0 Å². The van der Waals surface area contributed by atoms with Crippen molar-refractivity contribution >= 4 is 81.9 Å². The summed E-state index contributed by atoms with van der Waals surface area (Å²) in [6, 6.07) is 7.13. The third-order valence-electron chi connectivity index (χ3n) is 14.0. The minimum absolute atomic E-state index is 0. The number of hydrogen-bond donors (Lipinski definition) is 0. The molecule has 0 atom stereocenters. The van der Waals surface area contributed by atoms with Crippen LogP contribution >= 0.6 is 0 Å². The molecule has 0 unspecified atom stereocenters. The fraction of sp³-hybridized carbons (Fsp3) is 0.647.